The van der Waals surface area contributed by atoms with Gasteiger partial charge >= 0.3 is 5.97 Å². The summed E-state index contributed by atoms with van der Waals surface area (Å²) in [6, 6.07) is 1.82. The predicted octanol–water partition coefficient (Wildman–Crippen LogP) is 0.862. The molecule has 0 saturated carbocycles. The summed E-state index contributed by atoms with van der Waals surface area (Å²) in [6.45, 7) is 5.57. The number of rotatable bonds is 3. The van der Waals surface area contributed by atoms with Crippen LogP contribution >= 0.6 is 0 Å². The molecule has 0 saturated heterocycles. The van der Waals surface area contributed by atoms with Crippen LogP contribution in [-0.4, -0.2) is 21.9 Å². The molecule has 1 heterocycles. The summed E-state index contributed by atoms with van der Waals surface area (Å²) in [5, 5.41) is 12.6. The zero-order valence-electron chi connectivity index (χ0n) is 9.52. The fraction of sp³-hybridized carbons (Fsp3) is 0.500. The second-order valence-electron chi connectivity index (χ2n) is 3.34. The van der Waals surface area contributed by atoms with Crippen LogP contribution in [-0.2, 0) is 11.3 Å². The minimum absolute atomic E-state index is 0.210. The molecule has 86 valence electrons. The van der Waals surface area contributed by atoms with Crippen molar-refractivity contribution in [3.63, 3.8) is 0 Å². The first-order chi connectivity index (χ1) is 7.51. The smallest absolute Gasteiger partial charge is 0.360 e. The summed E-state index contributed by atoms with van der Waals surface area (Å²) in [6.07, 6.45) is -0.799. The van der Waals surface area contributed by atoms with Crippen LogP contribution in [0.4, 0.5) is 5.69 Å². The SMILES string of the molecule is CCn1nc(C)c(N)c1C(=O)OC(C)C#N. The zero-order valence-corrected chi connectivity index (χ0v) is 9.52. The molecule has 1 atom stereocenters. The summed E-state index contributed by atoms with van der Waals surface area (Å²) >= 11 is 0. The molecule has 1 aromatic heterocycles. The average Bonchev–Trinajstić information content (AvgIpc) is 2.54. The third-order valence-electron chi connectivity index (χ3n) is 2.13. The van der Waals surface area contributed by atoms with Gasteiger partial charge in [0.25, 0.3) is 0 Å². The maximum absolute atomic E-state index is 11.7. The number of esters is 1. The molecule has 1 unspecified atom stereocenters. The van der Waals surface area contributed by atoms with E-state index >= 15 is 0 Å². The van der Waals surface area contributed by atoms with E-state index in [1.807, 2.05) is 13.0 Å². The van der Waals surface area contributed by atoms with Gasteiger partial charge in [0.1, 0.15) is 6.07 Å². The number of hydrogen-bond acceptors (Lipinski definition) is 5. The molecule has 0 aliphatic rings. The van der Waals surface area contributed by atoms with Gasteiger partial charge in [0.05, 0.1) is 11.4 Å². The normalized spacial score (nSPS) is 11.9. The van der Waals surface area contributed by atoms with E-state index in [9.17, 15) is 4.79 Å². The second kappa shape index (κ2) is 4.66. The molecular formula is C10H14N4O2. The Morgan fingerprint density at radius 2 is 2.38 bits per heavy atom. The first-order valence-electron chi connectivity index (χ1n) is 4.94. The lowest BCUT2D eigenvalue weighted by Gasteiger charge is -2.07. The van der Waals surface area contributed by atoms with Crippen molar-refractivity contribution in [2.75, 3.05) is 5.73 Å². The Labute approximate surface area is 93.6 Å². The van der Waals surface area contributed by atoms with Crippen molar-refractivity contribution in [3.05, 3.63) is 11.4 Å². The van der Waals surface area contributed by atoms with E-state index in [0.29, 0.717) is 17.9 Å². The van der Waals surface area contributed by atoms with Crippen LogP contribution in [0.25, 0.3) is 0 Å². The fourth-order valence-corrected chi connectivity index (χ4v) is 1.28. The van der Waals surface area contributed by atoms with Gasteiger partial charge < -0.3 is 10.5 Å². The minimum Gasteiger partial charge on any atom is -0.442 e. The minimum atomic E-state index is -0.799. The molecule has 0 fully saturated rings. The van der Waals surface area contributed by atoms with Gasteiger partial charge in [-0.1, -0.05) is 0 Å². The van der Waals surface area contributed by atoms with E-state index in [-0.39, 0.29) is 5.69 Å². The number of nitrogens with zero attached hydrogens (tertiary/aromatic N) is 3. The van der Waals surface area contributed by atoms with Crippen molar-refractivity contribution < 1.29 is 9.53 Å². The quantitative estimate of drug-likeness (QED) is 0.765. The molecule has 0 aromatic carbocycles. The van der Waals surface area contributed by atoms with Crippen LogP contribution in [0.3, 0.4) is 0 Å². The number of carbonyl (C=O) groups excluding carboxylic acids is 1. The molecular weight excluding hydrogens is 208 g/mol. The van der Waals surface area contributed by atoms with E-state index in [1.165, 1.54) is 11.6 Å². The first kappa shape index (κ1) is 12.0. The highest BCUT2D eigenvalue weighted by molar-refractivity contribution is 5.94. The van der Waals surface area contributed by atoms with Gasteiger partial charge in [-0.15, -0.1) is 0 Å². The average molecular weight is 222 g/mol. The van der Waals surface area contributed by atoms with Gasteiger partial charge in [-0.3, -0.25) is 4.68 Å². The van der Waals surface area contributed by atoms with Gasteiger partial charge in [-0.25, -0.2) is 4.79 Å². The number of nitrogen functional groups attached to an aromatic ring is 1. The maximum Gasteiger partial charge on any atom is 0.360 e. The van der Waals surface area contributed by atoms with Crippen molar-refractivity contribution in [2.24, 2.45) is 0 Å². The number of nitrogens with two attached hydrogens (primary N) is 1. The number of ether oxygens (including phenoxy) is 1. The molecule has 6 heteroatoms. The molecule has 0 bridgehead atoms. The molecule has 16 heavy (non-hydrogen) atoms. The molecule has 1 aromatic rings. The number of hydrogen-bond donors (Lipinski definition) is 1. The molecule has 1 rings (SSSR count). The van der Waals surface area contributed by atoms with Crippen molar-refractivity contribution >= 4 is 11.7 Å². The number of aryl methyl sites for hydroxylation is 2. The Balaban J connectivity index is 3.04. The Bertz CT molecular complexity index is 444. The molecule has 0 spiro atoms. The molecule has 0 radical (unpaired) electrons. The third-order valence-corrected chi connectivity index (χ3v) is 2.13. The highest BCUT2D eigenvalue weighted by Gasteiger charge is 2.21. The predicted molar refractivity (Wildman–Crippen MR) is 57.5 cm³/mol. The summed E-state index contributed by atoms with van der Waals surface area (Å²) in [5.74, 6) is -0.617. The number of carbonyl (C=O) groups is 1. The number of aromatic nitrogens is 2. The van der Waals surface area contributed by atoms with Crippen molar-refractivity contribution in [1.82, 2.24) is 9.78 Å². The van der Waals surface area contributed by atoms with Crippen molar-refractivity contribution in [2.45, 2.75) is 33.4 Å². The van der Waals surface area contributed by atoms with E-state index < -0.39 is 12.1 Å². The first-order valence-corrected chi connectivity index (χ1v) is 4.94. The van der Waals surface area contributed by atoms with Gasteiger partial charge in [0.15, 0.2) is 11.8 Å². The summed E-state index contributed by atoms with van der Waals surface area (Å²) in [7, 11) is 0. The van der Waals surface area contributed by atoms with Crippen LogP contribution in [0.5, 0.6) is 0 Å². The largest absolute Gasteiger partial charge is 0.442 e. The summed E-state index contributed by atoms with van der Waals surface area (Å²) < 4.78 is 6.35. The van der Waals surface area contributed by atoms with E-state index in [1.54, 1.807) is 6.92 Å². The highest BCUT2D eigenvalue weighted by atomic mass is 16.5. The van der Waals surface area contributed by atoms with Crippen LogP contribution in [0, 0.1) is 18.3 Å². The summed E-state index contributed by atoms with van der Waals surface area (Å²) in [4.78, 5) is 11.7. The van der Waals surface area contributed by atoms with Crippen LogP contribution < -0.4 is 5.73 Å². The Morgan fingerprint density at radius 3 is 2.88 bits per heavy atom. The van der Waals surface area contributed by atoms with Gasteiger partial charge in [-0.2, -0.15) is 10.4 Å². The van der Waals surface area contributed by atoms with Crippen LogP contribution in [0.15, 0.2) is 0 Å². The Kier molecular flexibility index (Phi) is 3.51. The van der Waals surface area contributed by atoms with Gasteiger partial charge in [-0.05, 0) is 20.8 Å². The lowest BCUT2D eigenvalue weighted by molar-refractivity contribution is 0.0422. The van der Waals surface area contributed by atoms with Gasteiger partial charge in [0, 0.05) is 6.54 Å². The molecule has 0 aliphatic heterocycles. The molecule has 2 N–H and O–H groups in total. The topological polar surface area (TPSA) is 93.9 Å². The lowest BCUT2D eigenvalue weighted by Crippen LogP contribution is -2.18. The standard InChI is InChI=1S/C10H14N4O2/c1-4-14-9(8(12)7(3)13-14)10(15)16-6(2)5-11/h6H,4,12H2,1-3H3. The van der Waals surface area contributed by atoms with E-state index in [4.69, 9.17) is 15.7 Å². The van der Waals surface area contributed by atoms with Crippen LogP contribution in [0.2, 0.25) is 0 Å². The number of anilines is 1. The second-order valence-corrected chi connectivity index (χ2v) is 3.34. The van der Waals surface area contributed by atoms with Crippen molar-refractivity contribution in [3.8, 4) is 6.07 Å². The maximum atomic E-state index is 11.7. The molecule has 0 amide bonds. The third kappa shape index (κ3) is 2.14. The van der Waals surface area contributed by atoms with E-state index in [2.05, 4.69) is 5.10 Å². The Hall–Kier alpha value is -2.03. The molecule has 6 nitrogen and oxygen atoms in total. The lowest BCUT2D eigenvalue weighted by atomic mass is 10.3. The van der Waals surface area contributed by atoms with Gasteiger partial charge in [0.2, 0.25) is 0 Å². The summed E-state index contributed by atoms with van der Waals surface area (Å²) in [5.41, 5.74) is 6.82. The van der Waals surface area contributed by atoms with E-state index in [0.717, 1.165) is 0 Å². The van der Waals surface area contributed by atoms with Crippen LogP contribution in [0.1, 0.15) is 30.0 Å². The number of nitriles is 1. The monoisotopic (exact) mass is 222 g/mol. The van der Waals surface area contributed by atoms with Crippen molar-refractivity contribution in [1.29, 1.82) is 5.26 Å². The molecule has 0 aliphatic carbocycles. The zero-order chi connectivity index (χ0) is 12.3. The fourth-order valence-electron chi connectivity index (χ4n) is 1.28. The highest BCUT2D eigenvalue weighted by Crippen LogP contribution is 2.17. The Morgan fingerprint density at radius 1 is 1.75 bits per heavy atom.